The highest BCUT2D eigenvalue weighted by Gasteiger charge is 2.18. The third kappa shape index (κ3) is 65.7. The minimum absolute atomic E-state index is 0.0215. The van der Waals surface area contributed by atoms with Crippen molar-refractivity contribution in [3.05, 3.63) is 12.2 Å². The molecule has 0 rings (SSSR count). The molecule has 6 heteroatoms. The van der Waals surface area contributed by atoms with Crippen LogP contribution in [-0.4, -0.2) is 47.4 Å². The second kappa shape index (κ2) is 70.1. The van der Waals surface area contributed by atoms with Crippen LogP contribution in [0.2, 0.25) is 0 Å². The first kappa shape index (κ1) is 78.6. The Balaban J connectivity index is 3.36. The number of esters is 1. The Kier molecular flexibility index (Phi) is 68.9. The summed E-state index contributed by atoms with van der Waals surface area (Å²) in [6.07, 6.45) is 87.3. The summed E-state index contributed by atoms with van der Waals surface area (Å²) in [5.41, 5.74) is 0. The SMILES string of the molecule is CCCCCCCCCCCCCCCCCCCCC/C=C/C(O)C(CO)NC(=O)CCCCCCCCCCCCCCCCCCCCCCCCCCCCOC(=O)CCCCCCCCCCCCCCCCCC. The Hall–Kier alpha value is -1.40. The van der Waals surface area contributed by atoms with Gasteiger partial charge in [0.25, 0.3) is 0 Å². The molecule has 2 unspecified atom stereocenters. The first-order chi connectivity index (χ1) is 39.5. The van der Waals surface area contributed by atoms with Gasteiger partial charge in [-0.2, -0.15) is 0 Å². The van der Waals surface area contributed by atoms with E-state index in [2.05, 4.69) is 19.2 Å². The maximum absolute atomic E-state index is 12.5. The molecule has 0 aromatic carbocycles. The minimum atomic E-state index is -0.843. The maximum Gasteiger partial charge on any atom is 0.305 e. The molecular formula is C74H145NO5. The molecule has 80 heavy (non-hydrogen) atoms. The molecule has 1 amide bonds. The van der Waals surface area contributed by atoms with E-state index in [1.165, 1.54) is 360 Å². The van der Waals surface area contributed by atoms with Crippen LogP contribution in [-0.2, 0) is 14.3 Å². The Morgan fingerprint density at radius 2 is 0.575 bits per heavy atom. The number of amides is 1. The van der Waals surface area contributed by atoms with Crippen molar-refractivity contribution in [2.24, 2.45) is 0 Å². The highest BCUT2D eigenvalue weighted by molar-refractivity contribution is 5.76. The van der Waals surface area contributed by atoms with Gasteiger partial charge in [-0.1, -0.05) is 392 Å². The van der Waals surface area contributed by atoms with E-state index >= 15 is 0 Å². The van der Waals surface area contributed by atoms with Gasteiger partial charge in [-0.15, -0.1) is 0 Å². The van der Waals surface area contributed by atoms with Crippen LogP contribution in [0.15, 0.2) is 12.2 Å². The summed E-state index contributed by atoms with van der Waals surface area (Å²) in [7, 11) is 0. The zero-order valence-electron chi connectivity index (χ0n) is 54.6. The van der Waals surface area contributed by atoms with Crippen molar-refractivity contribution < 1.29 is 24.5 Å². The number of aliphatic hydroxyl groups is 2. The van der Waals surface area contributed by atoms with E-state index in [1.54, 1.807) is 6.08 Å². The molecule has 0 aromatic rings. The lowest BCUT2D eigenvalue weighted by Gasteiger charge is -2.20. The largest absolute Gasteiger partial charge is 0.466 e. The molecule has 0 saturated heterocycles. The summed E-state index contributed by atoms with van der Waals surface area (Å²) in [6.45, 7) is 4.96. The lowest BCUT2D eigenvalue weighted by atomic mass is 10.0. The number of hydrogen-bond acceptors (Lipinski definition) is 5. The molecule has 0 radical (unpaired) electrons. The number of hydrogen-bond donors (Lipinski definition) is 3. The molecule has 0 bridgehead atoms. The molecule has 0 spiro atoms. The second-order valence-corrected chi connectivity index (χ2v) is 25.6. The summed E-state index contributed by atoms with van der Waals surface area (Å²) < 4.78 is 5.51. The molecule has 3 N–H and O–H groups in total. The molecule has 0 saturated carbocycles. The van der Waals surface area contributed by atoms with Gasteiger partial charge in [-0.05, 0) is 32.1 Å². The van der Waals surface area contributed by atoms with E-state index in [0.717, 1.165) is 38.5 Å². The molecular weight excluding hydrogens is 983 g/mol. The first-order valence-electron chi connectivity index (χ1n) is 37.0. The first-order valence-corrected chi connectivity index (χ1v) is 37.0. The van der Waals surface area contributed by atoms with Crippen molar-refractivity contribution in [2.45, 2.75) is 437 Å². The van der Waals surface area contributed by atoms with Crippen LogP contribution in [0.4, 0.5) is 0 Å². The Bertz CT molecular complexity index is 1210. The van der Waals surface area contributed by atoms with Gasteiger partial charge < -0.3 is 20.3 Å². The summed E-state index contributed by atoms with van der Waals surface area (Å²) >= 11 is 0. The second-order valence-electron chi connectivity index (χ2n) is 25.6. The standard InChI is InChI=1S/C74H145NO5/c1-3-5-7-9-11-13-15-17-19-21-22-29-32-35-38-42-46-50-54-58-62-66-72(77)71(70-76)75-73(78)67-63-59-55-51-47-43-39-36-33-30-27-25-23-24-26-28-31-34-37-41-45-49-53-57-61-65-69-80-74(79)68-64-60-56-52-48-44-40-20-18-16-14-12-10-8-6-4-2/h62,66,71-72,76-77H,3-61,63-65,67-70H2,1-2H3,(H,75,78)/b66-62+. The van der Waals surface area contributed by atoms with Gasteiger partial charge in [0.15, 0.2) is 0 Å². The predicted molar refractivity (Wildman–Crippen MR) is 352 cm³/mol. The zero-order chi connectivity index (χ0) is 57.8. The maximum atomic E-state index is 12.5. The number of carbonyl (C=O) groups is 2. The van der Waals surface area contributed by atoms with Crippen molar-refractivity contribution >= 4 is 11.9 Å². The van der Waals surface area contributed by atoms with Gasteiger partial charge in [-0.25, -0.2) is 0 Å². The van der Waals surface area contributed by atoms with Crippen LogP contribution >= 0.6 is 0 Å². The summed E-state index contributed by atoms with van der Waals surface area (Å²) in [6, 6.07) is -0.626. The van der Waals surface area contributed by atoms with Crippen LogP contribution in [0.3, 0.4) is 0 Å². The molecule has 0 heterocycles. The third-order valence-corrected chi connectivity index (χ3v) is 17.6. The number of nitrogens with one attached hydrogen (secondary N) is 1. The highest BCUT2D eigenvalue weighted by atomic mass is 16.5. The van der Waals surface area contributed by atoms with Gasteiger partial charge in [0.05, 0.1) is 25.4 Å². The van der Waals surface area contributed by atoms with E-state index in [4.69, 9.17) is 4.74 Å². The molecule has 6 nitrogen and oxygen atoms in total. The van der Waals surface area contributed by atoms with Crippen molar-refractivity contribution in [3.63, 3.8) is 0 Å². The normalized spacial score (nSPS) is 12.5. The number of carbonyl (C=O) groups excluding carboxylic acids is 2. The number of aliphatic hydroxyl groups excluding tert-OH is 2. The van der Waals surface area contributed by atoms with E-state index in [-0.39, 0.29) is 18.5 Å². The van der Waals surface area contributed by atoms with Gasteiger partial charge in [0, 0.05) is 12.8 Å². The number of ether oxygens (including phenoxy) is 1. The van der Waals surface area contributed by atoms with Crippen molar-refractivity contribution in [1.82, 2.24) is 5.32 Å². The Morgan fingerprint density at radius 3 is 0.850 bits per heavy atom. The lowest BCUT2D eigenvalue weighted by molar-refractivity contribution is -0.143. The summed E-state index contributed by atoms with van der Waals surface area (Å²) in [5, 5.41) is 23.3. The van der Waals surface area contributed by atoms with Crippen molar-refractivity contribution in [3.8, 4) is 0 Å². The predicted octanol–water partition coefficient (Wildman–Crippen LogP) is 23.9. The van der Waals surface area contributed by atoms with Crippen molar-refractivity contribution in [2.75, 3.05) is 13.2 Å². The number of rotatable bonds is 70. The van der Waals surface area contributed by atoms with Crippen LogP contribution in [0.1, 0.15) is 425 Å². The topological polar surface area (TPSA) is 95.9 Å². The van der Waals surface area contributed by atoms with Crippen LogP contribution in [0.25, 0.3) is 0 Å². The van der Waals surface area contributed by atoms with Crippen LogP contribution in [0, 0.1) is 0 Å². The third-order valence-electron chi connectivity index (χ3n) is 17.6. The van der Waals surface area contributed by atoms with E-state index < -0.39 is 12.1 Å². The molecule has 0 aliphatic carbocycles. The van der Waals surface area contributed by atoms with Crippen LogP contribution in [0.5, 0.6) is 0 Å². The number of allylic oxidation sites excluding steroid dienone is 1. The fourth-order valence-corrected chi connectivity index (χ4v) is 11.9. The average molecular weight is 1130 g/mol. The average Bonchev–Trinajstić information content (AvgIpc) is 3.46. The Morgan fingerprint density at radius 1 is 0.338 bits per heavy atom. The minimum Gasteiger partial charge on any atom is -0.466 e. The summed E-state index contributed by atoms with van der Waals surface area (Å²) in [4.78, 5) is 24.6. The van der Waals surface area contributed by atoms with Gasteiger partial charge in [-0.3, -0.25) is 9.59 Å². The number of unbranched alkanes of at least 4 members (excludes halogenated alkanes) is 59. The Labute approximate surface area is 501 Å². The fourth-order valence-electron chi connectivity index (χ4n) is 11.9. The smallest absolute Gasteiger partial charge is 0.305 e. The van der Waals surface area contributed by atoms with Crippen molar-refractivity contribution in [1.29, 1.82) is 0 Å². The molecule has 2 atom stereocenters. The molecule has 0 aliphatic rings. The van der Waals surface area contributed by atoms with E-state index in [0.29, 0.717) is 19.4 Å². The molecule has 0 aromatic heterocycles. The fraction of sp³-hybridized carbons (Fsp3) is 0.946. The van der Waals surface area contributed by atoms with Gasteiger partial charge >= 0.3 is 5.97 Å². The molecule has 0 fully saturated rings. The lowest BCUT2D eigenvalue weighted by Crippen LogP contribution is -2.45. The quantitative estimate of drug-likeness (QED) is 0.0320. The molecule has 0 aliphatic heterocycles. The highest BCUT2D eigenvalue weighted by Crippen LogP contribution is 2.20. The van der Waals surface area contributed by atoms with Crippen LogP contribution < -0.4 is 5.32 Å². The monoisotopic (exact) mass is 1130 g/mol. The van der Waals surface area contributed by atoms with Gasteiger partial charge in [0.1, 0.15) is 0 Å². The zero-order valence-corrected chi connectivity index (χ0v) is 54.6. The van der Waals surface area contributed by atoms with Gasteiger partial charge in [0.2, 0.25) is 5.91 Å². The van der Waals surface area contributed by atoms with E-state index in [9.17, 15) is 19.8 Å². The summed E-state index contributed by atoms with van der Waals surface area (Å²) in [5.74, 6) is -0.0393. The van der Waals surface area contributed by atoms with E-state index in [1.807, 2.05) is 6.08 Å². The molecule has 476 valence electrons.